The van der Waals surface area contributed by atoms with E-state index in [2.05, 4.69) is 12.6 Å². The van der Waals surface area contributed by atoms with Crippen LogP contribution in [0.2, 0.25) is 0 Å². The predicted octanol–water partition coefficient (Wildman–Crippen LogP) is 0.196. The number of rotatable bonds is 7. The number of carbonyl (C=O) groups is 1. The Balaban J connectivity index is 0. The first-order chi connectivity index (χ1) is 5.27. The number of hydrogen-bond acceptors (Lipinski definition) is 5. The molecule has 0 aromatic heterocycles. The Kier molecular flexibility index (Phi) is 12.7. The molecule has 12 heavy (non-hydrogen) atoms. The summed E-state index contributed by atoms with van der Waals surface area (Å²) in [5, 5.41) is 8.14. The minimum Gasteiger partial charge on any atom is -0.480 e. The molecule has 0 atom stereocenters. The van der Waals surface area contributed by atoms with Gasteiger partial charge in [-0.2, -0.15) is 12.6 Å². The van der Waals surface area contributed by atoms with Gasteiger partial charge in [0.15, 0.2) is 0 Å². The number of thiol groups is 1. The Morgan fingerprint density at radius 2 is 1.83 bits per heavy atom. The number of carboxylic acid groups (broad SMARTS) is 1. The summed E-state index contributed by atoms with van der Waals surface area (Å²) in [7, 11) is 0. The molecule has 0 saturated carbocycles. The molecule has 0 radical (unpaired) electrons. The van der Waals surface area contributed by atoms with Crippen LogP contribution in [0.5, 0.6) is 0 Å². The number of carboxylic acids is 1. The first-order valence-corrected chi connectivity index (χ1v) is 3.88. The van der Waals surface area contributed by atoms with Gasteiger partial charge < -0.3 is 20.7 Å². The number of hydrogen-bond donors (Lipinski definition) is 3. The van der Waals surface area contributed by atoms with Gasteiger partial charge in [-0.25, -0.2) is 4.79 Å². The Bertz CT molecular complexity index is 112. The SMILES string of the molecule is N.O=C(O)COCCOCCS. The van der Waals surface area contributed by atoms with E-state index in [1.807, 2.05) is 0 Å². The van der Waals surface area contributed by atoms with Gasteiger partial charge in [0.1, 0.15) is 6.61 Å². The molecule has 0 spiro atoms. The second-order valence-electron chi connectivity index (χ2n) is 1.78. The van der Waals surface area contributed by atoms with Crippen molar-refractivity contribution in [2.24, 2.45) is 0 Å². The third-order valence-corrected chi connectivity index (χ3v) is 1.02. The van der Waals surface area contributed by atoms with Crippen molar-refractivity contribution in [1.29, 1.82) is 0 Å². The number of ether oxygens (including phenoxy) is 2. The average molecular weight is 197 g/mol. The van der Waals surface area contributed by atoms with E-state index in [1.165, 1.54) is 0 Å². The van der Waals surface area contributed by atoms with Gasteiger partial charge in [0, 0.05) is 5.75 Å². The van der Waals surface area contributed by atoms with E-state index < -0.39 is 5.97 Å². The second-order valence-corrected chi connectivity index (χ2v) is 2.23. The predicted molar refractivity (Wildman–Crippen MR) is 48.1 cm³/mol. The molecular formula is C6H15NO4S. The van der Waals surface area contributed by atoms with Gasteiger partial charge in [-0.1, -0.05) is 0 Å². The molecule has 0 amide bonds. The van der Waals surface area contributed by atoms with E-state index in [0.717, 1.165) is 0 Å². The molecule has 0 aliphatic carbocycles. The highest BCUT2D eigenvalue weighted by atomic mass is 32.1. The van der Waals surface area contributed by atoms with Gasteiger partial charge in [0.2, 0.25) is 0 Å². The quantitative estimate of drug-likeness (QED) is 0.400. The maximum Gasteiger partial charge on any atom is 0.329 e. The fourth-order valence-corrected chi connectivity index (χ4v) is 0.573. The van der Waals surface area contributed by atoms with E-state index in [0.29, 0.717) is 25.6 Å². The van der Waals surface area contributed by atoms with Crippen LogP contribution in [0.25, 0.3) is 0 Å². The highest BCUT2D eigenvalue weighted by molar-refractivity contribution is 7.80. The highest BCUT2D eigenvalue weighted by Crippen LogP contribution is 1.80. The summed E-state index contributed by atoms with van der Waals surface area (Å²) >= 11 is 3.92. The summed E-state index contributed by atoms with van der Waals surface area (Å²) < 4.78 is 9.66. The zero-order valence-corrected chi connectivity index (χ0v) is 7.76. The topological polar surface area (TPSA) is 90.8 Å². The van der Waals surface area contributed by atoms with Gasteiger partial charge in [-0.15, -0.1) is 0 Å². The molecule has 0 aromatic carbocycles. The van der Waals surface area contributed by atoms with Crippen LogP contribution in [0.15, 0.2) is 0 Å². The molecule has 0 saturated heterocycles. The average Bonchev–Trinajstić information content (AvgIpc) is 1.96. The number of aliphatic carboxylic acids is 1. The first-order valence-electron chi connectivity index (χ1n) is 3.25. The smallest absolute Gasteiger partial charge is 0.329 e. The molecular weight excluding hydrogens is 182 g/mol. The molecule has 0 rings (SSSR count). The van der Waals surface area contributed by atoms with Crippen molar-refractivity contribution >= 4 is 18.6 Å². The van der Waals surface area contributed by atoms with Crippen LogP contribution in [0, 0.1) is 0 Å². The van der Waals surface area contributed by atoms with Gasteiger partial charge in [0.05, 0.1) is 19.8 Å². The summed E-state index contributed by atoms with van der Waals surface area (Å²) in [6.07, 6.45) is 0. The molecule has 0 aliphatic rings. The van der Waals surface area contributed by atoms with E-state index in [9.17, 15) is 4.79 Å². The zero-order valence-electron chi connectivity index (χ0n) is 6.86. The molecule has 0 fully saturated rings. The van der Waals surface area contributed by atoms with Crippen molar-refractivity contribution in [3.8, 4) is 0 Å². The van der Waals surface area contributed by atoms with Crippen molar-refractivity contribution in [2.75, 3.05) is 32.2 Å². The lowest BCUT2D eigenvalue weighted by Crippen LogP contribution is -2.11. The lowest BCUT2D eigenvalue weighted by molar-refractivity contribution is -0.142. The maximum atomic E-state index is 9.91. The van der Waals surface area contributed by atoms with Gasteiger partial charge in [0.25, 0.3) is 0 Å². The van der Waals surface area contributed by atoms with Crippen molar-refractivity contribution < 1.29 is 19.4 Å². The third kappa shape index (κ3) is 12.4. The van der Waals surface area contributed by atoms with Crippen LogP contribution in [-0.2, 0) is 14.3 Å². The van der Waals surface area contributed by atoms with Gasteiger partial charge >= 0.3 is 5.97 Å². The maximum absolute atomic E-state index is 9.91. The normalized spacial score (nSPS) is 9.08. The molecule has 0 aromatic rings. The van der Waals surface area contributed by atoms with Crippen molar-refractivity contribution in [1.82, 2.24) is 6.15 Å². The van der Waals surface area contributed by atoms with E-state index >= 15 is 0 Å². The lowest BCUT2D eigenvalue weighted by Gasteiger charge is -2.01. The monoisotopic (exact) mass is 197 g/mol. The summed E-state index contributed by atoms with van der Waals surface area (Å²) in [6.45, 7) is 1.05. The Morgan fingerprint density at radius 1 is 1.25 bits per heavy atom. The molecule has 0 bridgehead atoms. The Hall–Kier alpha value is -0.300. The molecule has 0 unspecified atom stereocenters. The Morgan fingerprint density at radius 3 is 2.33 bits per heavy atom. The van der Waals surface area contributed by atoms with Gasteiger partial charge in [-0.05, 0) is 0 Å². The van der Waals surface area contributed by atoms with E-state index in [1.54, 1.807) is 0 Å². The van der Waals surface area contributed by atoms with Crippen molar-refractivity contribution in [3.05, 3.63) is 0 Å². The summed E-state index contributed by atoms with van der Waals surface area (Å²) in [4.78, 5) is 9.91. The van der Waals surface area contributed by atoms with Crippen LogP contribution in [0.1, 0.15) is 0 Å². The lowest BCUT2D eigenvalue weighted by atomic mass is 10.7. The zero-order chi connectivity index (χ0) is 8.53. The van der Waals surface area contributed by atoms with Crippen LogP contribution < -0.4 is 6.15 Å². The summed E-state index contributed by atoms with van der Waals surface area (Å²) in [5.74, 6) is -0.293. The fraction of sp³-hybridized carbons (Fsp3) is 0.833. The van der Waals surface area contributed by atoms with Crippen LogP contribution >= 0.6 is 12.6 Å². The van der Waals surface area contributed by atoms with Crippen LogP contribution in [0.4, 0.5) is 0 Å². The van der Waals surface area contributed by atoms with E-state index in [-0.39, 0.29) is 12.8 Å². The minimum atomic E-state index is -0.959. The van der Waals surface area contributed by atoms with E-state index in [4.69, 9.17) is 14.6 Å². The Labute approximate surface area is 77.0 Å². The molecule has 0 aliphatic heterocycles. The van der Waals surface area contributed by atoms with Crippen LogP contribution in [-0.4, -0.2) is 43.3 Å². The molecule has 5 nitrogen and oxygen atoms in total. The largest absolute Gasteiger partial charge is 0.480 e. The van der Waals surface area contributed by atoms with Gasteiger partial charge in [-0.3, -0.25) is 0 Å². The standard InChI is InChI=1S/C6H12O4S.H3N/c7-6(8)5-10-2-1-9-3-4-11;/h11H,1-5H2,(H,7,8);1H3. The third-order valence-electron chi connectivity index (χ3n) is 0.833. The van der Waals surface area contributed by atoms with Crippen molar-refractivity contribution in [3.63, 3.8) is 0 Å². The summed E-state index contributed by atoms with van der Waals surface area (Å²) in [6, 6.07) is 0. The van der Waals surface area contributed by atoms with Crippen molar-refractivity contribution in [2.45, 2.75) is 0 Å². The van der Waals surface area contributed by atoms with Crippen LogP contribution in [0.3, 0.4) is 0 Å². The molecule has 74 valence electrons. The first kappa shape index (κ1) is 14.2. The molecule has 4 N–H and O–H groups in total. The minimum absolute atomic E-state index is 0. The fourth-order valence-electron chi connectivity index (χ4n) is 0.444. The highest BCUT2D eigenvalue weighted by Gasteiger charge is 1.94. The summed E-state index contributed by atoms with van der Waals surface area (Å²) in [5.41, 5.74) is 0. The second kappa shape index (κ2) is 10.7. The molecule has 0 heterocycles. The molecule has 6 heteroatoms.